The summed E-state index contributed by atoms with van der Waals surface area (Å²) in [5.41, 5.74) is -0.793. The summed E-state index contributed by atoms with van der Waals surface area (Å²) >= 11 is 0.110. The average Bonchev–Trinajstić information content (AvgIpc) is 3.13. The summed E-state index contributed by atoms with van der Waals surface area (Å²) in [6.45, 7) is 1.32. The number of halogens is 6. The number of sulfone groups is 1. The fourth-order valence-electron chi connectivity index (χ4n) is 2.85. The van der Waals surface area contributed by atoms with Crippen LogP contribution in [0.3, 0.4) is 0 Å². The van der Waals surface area contributed by atoms with E-state index in [0.29, 0.717) is 0 Å². The van der Waals surface area contributed by atoms with Gasteiger partial charge >= 0.3 is 12.4 Å². The van der Waals surface area contributed by atoms with Gasteiger partial charge < -0.3 is 0 Å². The number of carbonyl (C=O) groups excluding carboxylic acids is 1. The Labute approximate surface area is 193 Å². The van der Waals surface area contributed by atoms with E-state index in [4.69, 9.17) is 0 Å². The first-order valence-corrected chi connectivity index (χ1v) is 11.8. The molecule has 0 saturated carbocycles. The normalized spacial score (nSPS) is 13.4. The number of aromatic nitrogens is 2. The van der Waals surface area contributed by atoms with Crippen LogP contribution in [0.2, 0.25) is 0 Å². The van der Waals surface area contributed by atoms with Crippen LogP contribution in [0.4, 0.5) is 26.3 Å². The molecule has 6 nitrogen and oxygen atoms in total. The molecule has 0 unspecified atom stereocenters. The Morgan fingerprint density at radius 1 is 1.00 bits per heavy atom. The summed E-state index contributed by atoms with van der Waals surface area (Å²) in [7, 11) is -2.87. The van der Waals surface area contributed by atoms with Crippen LogP contribution >= 0.6 is 11.3 Å². The van der Waals surface area contributed by atoms with E-state index in [0.717, 1.165) is 48.1 Å². The lowest BCUT2D eigenvalue weighted by Gasteiger charge is -2.11. The van der Waals surface area contributed by atoms with Gasteiger partial charge in [0.1, 0.15) is 0 Å². The molecular weight excluding hydrogens is 508 g/mol. The fourth-order valence-corrected chi connectivity index (χ4v) is 4.71. The smallest absolute Gasteiger partial charge is 0.267 e. The molecule has 0 bridgehead atoms. The minimum Gasteiger partial charge on any atom is -0.267 e. The van der Waals surface area contributed by atoms with E-state index < -0.39 is 54.1 Å². The van der Waals surface area contributed by atoms with E-state index >= 15 is 0 Å². The Morgan fingerprint density at radius 2 is 1.59 bits per heavy atom. The maximum absolute atomic E-state index is 12.9. The summed E-state index contributed by atoms with van der Waals surface area (Å²) in [6.07, 6.45) is -9.30. The maximum Gasteiger partial charge on any atom is 0.445 e. The van der Waals surface area contributed by atoms with Crippen LogP contribution in [0, 0.1) is 0 Å². The van der Waals surface area contributed by atoms with Gasteiger partial charge in [-0.1, -0.05) is 36.5 Å². The van der Waals surface area contributed by atoms with Crippen molar-refractivity contribution in [2.24, 2.45) is 12.0 Å². The van der Waals surface area contributed by atoms with Gasteiger partial charge in [-0.3, -0.25) is 4.79 Å². The highest BCUT2D eigenvalue weighted by Crippen LogP contribution is 2.32. The molecule has 0 saturated heterocycles. The zero-order chi connectivity index (χ0) is 25.5. The topological polar surface area (TPSA) is 81.4 Å². The highest BCUT2D eigenvalue weighted by atomic mass is 32.2. The van der Waals surface area contributed by atoms with Crippen LogP contribution in [0.5, 0.6) is 0 Å². The van der Waals surface area contributed by atoms with E-state index in [9.17, 15) is 39.6 Å². The lowest BCUT2D eigenvalue weighted by molar-refractivity contribution is -0.138. The number of hydrogen-bond acceptors (Lipinski definition) is 5. The zero-order valence-corrected chi connectivity index (χ0v) is 19.0. The lowest BCUT2D eigenvalue weighted by atomic mass is 10.0. The molecule has 14 heteroatoms. The molecule has 0 atom stereocenters. The molecule has 0 aliphatic carbocycles. The Morgan fingerprint density at radius 3 is 2.09 bits per heavy atom. The minimum absolute atomic E-state index is 0.110. The molecular formula is C20H15F6N3O3S2. The summed E-state index contributed by atoms with van der Waals surface area (Å²) in [5.74, 6) is -1.52. The molecule has 0 aliphatic rings. The monoisotopic (exact) mass is 523 g/mol. The van der Waals surface area contributed by atoms with Gasteiger partial charge in [0.25, 0.3) is 5.91 Å². The summed E-state index contributed by atoms with van der Waals surface area (Å²) in [4.78, 5) is 15.5. The van der Waals surface area contributed by atoms with Gasteiger partial charge in [-0.15, -0.1) is 0 Å². The predicted molar refractivity (Wildman–Crippen MR) is 111 cm³/mol. The second-order valence-electron chi connectivity index (χ2n) is 6.92. The predicted octanol–water partition coefficient (Wildman–Crippen LogP) is 4.72. The SMILES string of the molecule is CCS(=O)(=O)c1cc(-c2ccc(C(F)(F)F)cc2)ccc1C(=O)/N=c1\sc(C(F)(F)F)nn1C. The van der Waals surface area contributed by atoms with Crippen molar-refractivity contribution in [3.63, 3.8) is 0 Å². The first-order valence-electron chi connectivity index (χ1n) is 9.38. The Hall–Kier alpha value is -3.00. The molecule has 182 valence electrons. The summed E-state index contributed by atoms with van der Waals surface area (Å²) in [5, 5.41) is 2.02. The van der Waals surface area contributed by atoms with Crippen LogP contribution in [-0.2, 0) is 29.2 Å². The van der Waals surface area contributed by atoms with E-state index in [2.05, 4.69) is 10.1 Å². The van der Waals surface area contributed by atoms with Gasteiger partial charge in [0.15, 0.2) is 9.84 Å². The van der Waals surface area contributed by atoms with E-state index in [1.165, 1.54) is 13.0 Å². The molecule has 0 radical (unpaired) electrons. The molecule has 0 fully saturated rings. The molecule has 0 N–H and O–H groups in total. The minimum atomic E-state index is -4.75. The standard InChI is InChI=1S/C20H15F6N3O3S2/c1-3-34(31,32)15-10-12(11-4-7-13(8-5-11)19(21,22)23)6-9-14(15)16(30)27-18-29(2)28-17(33-18)20(24,25)26/h4-10H,3H2,1-2H3/b27-18-. The first kappa shape index (κ1) is 25.6. The van der Waals surface area contributed by atoms with Crippen molar-refractivity contribution >= 4 is 27.1 Å². The van der Waals surface area contributed by atoms with Crippen molar-refractivity contribution < 1.29 is 39.6 Å². The Kier molecular flexibility index (Phi) is 6.77. The molecule has 0 spiro atoms. The van der Waals surface area contributed by atoms with Crippen molar-refractivity contribution in [3.05, 3.63) is 63.4 Å². The van der Waals surface area contributed by atoms with Crippen molar-refractivity contribution in [2.75, 3.05) is 5.75 Å². The number of alkyl halides is 6. The third-order valence-corrected chi connectivity index (χ3v) is 7.43. The van der Waals surface area contributed by atoms with Crippen molar-refractivity contribution in [1.29, 1.82) is 0 Å². The number of nitrogens with zero attached hydrogens (tertiary/aromatic N) is 3. The molecule has 3 aromatic rings. The van der Waals surface area contributed by atoms with E-state index in [1.807, 2.05) is 0 Å². The molecule has 0 aliphatic heterocycles. The molecule has 1 amide bonds. The molecule has 1 heterocycles. The van der Waals surface area contributed by atoms with E-state index in [1.54, 1.807) is 0 Å². The van der Waals surface area contributed by atoms with Gasteiger partial charge in [0.2, 0.25) is 9.81 Å². The Balaban J connectivity index is 2.10. The summed E-state index contributed by atoms with van der Waals surface area (Å²) < 4.78 is 103. The number of aryl methyl sites for hydroxylation is 1. The van der Waals surface area contributed by atoms with Crippen LogP contribution in [0.25, 0.3) is 11.1 Å². The van der Waals surface area contributed by atoms with Gasteiger partial charge in [0.05, 0.1) is 21.8 Å². The van der Waals surface area contributed by atoms with Crippen LogP contribution in [-0.4, -0.2) is 29.9 Å². The van der Waals surface area contributed by atoms with Crippen molar-refractivity contribution in [1.82, 2.24) is 9.78 Å². The van der Waals surface area contributed by atoms with Crippen LogP contribution in [0.15, 0.2) is 52.4 Å². The molecule has 1 aromatic heterocycles. The number of carbonyl (C=O) groups is 1. The van der Waals surface area contributed by atoms with Crippen molar-refractivity contribution in [3.8, 4) is 11.1 Å². The maximum atomic E-state index is 12.9. The Bertz CT molecular complexity index is 1400. The van der Waals surface area contributed by atoms with E-state index in [-0.39, 0.29) is 28.0 Å². The summed E-state index contributed by atoms with van der Waals surface area (Å²) in [6, 6.07) is 7.53. The molecule has 3 rings (SSSR count). The quantitative estimate of drug-likeness (QED) is 0.464. The second kappa shape index (κ2) is 8.98. The highest BCUT2D eigenvalue weighted by molar-refractivity contribution is 7.91. The van der Waals surface area contributed by atoms with Crippen molar-refractivity contribution in [2.45, 2.75) is 24.2 Å². The van der Waals surface area contributed by atoms with Gasteiger partial charge in [-0.25, -0.2) is 13.1 Å². The number of benzene rings is 2. The number of rotatable bonds is 4. The lowest BCUT2D eigenvalue weighted by Crippen LogP contribution is -2.16. The largest absolute Gasteiger partial charge is 0.445 e. The first-order chi connectivity index (χ1) is 15.6. The van der Waals surface area contributed by atoms with Crippen LogP contribution < -0.4 is 4.80 Å². The number of amides is 1. The average molecular weight is 523 g/mol. The molecule has 34 heavy (non-hydrogen) atoms. The fraction of sp³-hybridized carbons (Fsp3) is 0.250. The second-order valence-corrected chi connectivity index (χ2v) is 10.1. The third kappa shape index (κ3) is 5.38. The van der Waals surface area contributed by atoms with Gasteiger partial charge in [-0.05, 0) is 35.4 Å². The third-order valence-electron chi connectivity index (χ3n) is 4.62. The van der Waals surface area contributed by atoms with Gasteiger partial charge in [-0.2, -0.15) is 36.4 Å². The van der Waals surface area contributed by atoms with Crippen LogP contribution in [0.1, 0.15) is 27.9 Å². The molecule has 2 aromatic carbocycles. The highest BCUT2D eigenvalue weighted by Gasteiger charge is 2.35. The zero-order valence-electron chi connectivity index (χ0n) is 17.4. The van der Waals surface area contributed by atoms with Gasteiger partial charge in [0, 0.05) is 7.05 Å². The number of hydrogen-bond donors (Lipinski definition) is 0.